The second-order valence-corrected chi connectivity index (χ2v) is 9.02. The molecule has 0 spiro atoms. The van der Waals surface area contributed by atoms with Gasteiger partial charge in [0.05, 0.1) is 5.41 Å². The van der Waals surface area contributed by atoms with Crippen molar-refractivity contribution in [1.29, 1.82) is 0 Å². The Kier molecular flexibility index (Phi) is 7.09. The normalized spacial score (nSPS) is 19.4. The topological polar surface area (TPSA) is 58.6 Å². The summed E-state index contributed by atoms with van der Waals surface area (Å²) in [5.41, 5.74) is 1.67. The number of rotatable bonds is 7. The van der Waals surface area contributed by atoms with Crippen molar-refractivity contribution in [2.45, 2.75) is 39.2 Å². The Balaban J connectivity index is 1.95. The Hall–Kier alpha value is -2.18. The molecule has 156 valence electrons. The molecule has 1 aromatic heterocycles. The van der Waals surface area contributed by atoms with Crippen LogP contribution in [0.25, 0.3) is 10.4 Å². The molecule has 2 heterocycles. The third-order valence-electron chi connectivity index (χ3n) is 5.43. The number of amides is 2. The molecular weight excluding hydrogens is 384 g/mol. The molecule has 29 heavy (non-hydrogen) atoms. The van der Waals surface area contributed by atoms with Gasteiger partial charge in [-0.25, -0.2) is 0 Å². The average Bonchev–Trinajstić information content (AvgIpc) is 3.23. The van der Waals surface area contributed by atoms with Crippen LogP contribution in [-0.2, 0) is 20.7 Å². The van der Waals surface area contributed by atoms with E-state index in [2.05, 4.69) is 28.9 Å². The van der Waals surface area contributed by atoms with Crippen molar-refractivity contribution in [2.24, 2.45) is 5.41 Å². The van der Waals surface area contributed by atoms with Gasteiger partial charge in [0.1, 0.15) is 6.61 Å². The third-order valence-corrected chi connectivity index (χ3v) is 6.33. The zero-order valence-corrected chi connectivity index (χ0v) is 18.3. The van der Waals surface area contributed by atoms with Crippen molar-refractivity contribution in [2.75, 3.05) is 26.8 Å². The molecule has 0 saturated carbocycles. The molecule has 2 aromatic rings. The molecule has 1 fully saturated rings. The van der Waals surface area contributed by atoms with E-state index in [4.69, 9.17) is 4.74 Å². The largest absolute Gasteiger partial charge is 0.375 e. The number of nitrogens with one attached hydrogen (secondary N) is 1. The van der Waals surface area contributed by atoms with Crippen LogP contribution in [0.4, 0.5) is 0 Å². The Morgan fingerprint density at radius 2 is 2.03 bits per heavy atom. The highest BCUT2D eigenvalue weighted by Crippen LogP contribution is 2.38. The number of hydrogen-bond donors (Lipinski definition) is 1. The smallest absolute Gasteiger partial charge is 0.248 e. The number of thiophene rings is 1. The Morgan fingerprint density at radius 1 is 1.24 bits per heavy atom. The van der Waals surface area contributed by atoms with Gasteiger partial charge in [-0.05, 0) is 55.7 Å². The van der Waals surface area contributed by atoms with Gasteiger partial charge in [-0.3, -0.25) is 9.59 Å². The molecule has 0 radical (unpaired) electrons. The minimum absolute atomic E-state index is 0.0309. The van der Waals surface area contributed by atoms with Crippen LogP contribution in [0.15, 0.2) is 41.8 Å². The molecule has 2 amide bonds. The molecule has 1 aliphatic rings. The van der Waals surface area contributed by atoms with Gasteiger partial charge in [-0.15, -0.1) is 11.3 Å². The Labute approximate surface area is 177 Å². The lowest BCUT2D eigenvalue weighted by Gasteiger charge is -2.42. The molecule has 1 atom stereocenters. The van der Waals surface area contributed by atoms with Gasteiger partial charge in [-0.1, -0.05) is 30.3 Å². The molecule has 1 unspecified atom stereocenters. The number of nitrogens with zero attached hydrogens (tertiary/aromatic N) is 1. The fourth-order valence-electron chi connectivity index (χ4n) is 4.10. The molecule has 1 aromatic carbocycles. The Bertz CT molecular complexity index is 834. The Morgan fingerprint density at radius 3 is 2.72 bits per heavy atom. The van der Waals surface area contributed by atoms with Crippen LogP contribution in [0.1, 0.15) is 32.3 Å². The minimum atomic E-state index is -0.640. The molecular formula is C23H30N2O3S. The highest BCUT2D eigenvalue weighted by atomic mass is 32.1. The second kappa shape index (κ2) is 9.55. The van der Waals surface area contributed by atoms with E-state index < -0.39 is 5.41 Å². The van der Waals surface area contributed by atoms with Crippen molar-refractivity contribution < 1.29 is 14.3 Å². The molecule has 1 aliphatic heterocycles. The summed E-state index contributed by atoms with van der Waals surface area (Å²) in [5, 5.41) is 5.18. The van der Waals surface area contributed by atoms with Gasteiger partial charge in [0.2, 0.25) is 11.8 Å². The monoisotopic (exact) mass is 414 g/mol. The summed E-state index contributed by atoms with van der Waals surface area (Å²) in [7, 11) is 1.53. The minimum Gasteiger partial charge on any atom is -0.375 e. The van der Waals surface area contributed by atoms with Gasteiger partial charge in [0, 0.05) is 31.1 Å². The molecule has 1 N–H and O–H groups in total. The molecule has 3 rings (SSSR count). The first-order chi connectivity index (χ1) is 13.9. The number of benzene rings is 1. The van der Waals surface area contributed by atoms with E-state index in [1.807, 2.05) is 32.0 Å². The highest BCUT2D eigenvalue weighted by molar-refractivity contribution is 7.13. The SMILES string of the molecule is COCC(=O)N1CCCC(Cc2ccccc2-c2cccs2)(C(=O)NC(C)C)C1. The predicted octanol–water partition coefficient (Wildman–Crippen LogP) is 3.74. The number of hydrogen-bond acceptors (Lipinski definition) is 4. The van der Waals surface area contributed by atoms with Crippen LogP contribution in [-0.4, -0.2) is 49.6 Å². The van der Waals surface area contributed by atoms with Crippen LogP contribution in [0, 0.1) is 5.41 Å². The van der Waals surface area contributed by atoms with Crippen molar-refractivity contribution in [3.05, 3.63) is 47.3 Å². The molecule has 6 heteroatoms. The van der Waals surface area contributed by atoms with Crippen molar-refractivity contribution in [3.63, 3.8) is 0 Å². The zero-order valence-electron chi connectivity index (χ0n) is 17.4. The maximum absolute atomic E-state index is 13.4. The van der Waals surface area contributed by atoms with Gasteiger partial charge < -0.3 is 15.0 Å². The van der Waals surface area contributed by atoms with Gasteiger partial charge in [-0.2, -0.15) is 0 Å². The van der Waals surface area contributed by atoms with Crippen LogP contribution >= 0.6 is 11.3 Å². The van der Waals surface area contributed by atoms with Gasteiger partial charge in [0.25, 0.3) is 0 Å². The van der Waals surface area contributed by atoms with Gasteiger partial charge in [0.15, 0.2) is 0 Å². The molecule has 0 bridgehead atoms. The fourth-order valence-corrected chi connectivity index (χ4v) is 4.88. The number of methoxy groups -OCH3 is 1. The maximum atomic E-state index is 13.4. The lowest BCUT2D eigenvalue weighted by Crippen LogP contribution is -2.56. The summed E-state index contributed by atoms with van der Waals surface area (Å²) in [4.78, 5) is 28.9. The summed E-state index contributed by atoms with van der Waals surface area (Å²) in [6.07, 6.45) is 2.18. The summed E-state index contributed by atoms with van der Waals surface area (Å²) >= 11 is 1.70. The van der Waals surface area contributed by atoms with E-state index in [1.54, 1.807) is 16.2 Å². The maximum Gasteiger partial charge on any atom is 0.248 e. The third kappa shape index (κ3) is 5.06. The number of carbonyl (C=O) groups is 2. The highest BCUT2D eigenvalue weighted by Gasteiger charge is 2.44. The lowest BCUT2D eigenvalue weighted by atomic mass is 9.73. The lowest BCUT2D eigenvalue weighted by molar-refractivity contribution is -0.144. The number of ether oxygens (including phenoxy) is 1. The van der Waals surface area contributed by atoms with E-state index in [9.17, 15) is 9.59 Å². The van der Waals surface area contributed by atoms with Gasteiger partial charge >= 0.3 is 0 Å². The molecule has 0 aliphatic carbocycles. The van der Waals surface area contributed by atoms with Crippen LogP contribution in [0.3, 0.4) is 0 Å². The first-order valence-electron chi connectivity index (χ1n) is 10.1. The van der Waals surface area contributed by atoms with E-state index in [-0.39, 0.29) is 24.5 Å². The summed E-state index contributed by atoms with van der Waals surface area (Å²) < 4.78 is 5.05. The standard InChI is InChI=1S/C23H30N2O3S/c1-17(2)24-22(27)23(11-7-12-25(16-23)21(26)15-28-3)14-18-8-4-5-9-19(18)20-10-6-13-29-20/h4-6,8-10,13,17H,7,11-12,14-16H2,1-3H3,(H,24,27). The van der Waals surface area contributed by atoms with Crippen molar-refractivity contribution in [3.8, 4) is 10.4 Å². The van der Waals surface area contributed by atoms with Crippen LogP contribution in [0.5, 0.6) is 0 Å². The zero-order chi connectivity index (χ0) is 20.9. The number of piperidine rings is 1. The average molecular weight is 415 g/mol. The summed E-state index contributed by atoms with van der Waals surface area (Å²) in [6, 6.07) is 12.5. The number of likely N-dealkylation sites (tertiary alicyclic amines) is 1. The second-order valence-electron chi connectivity index (χ2n) is 8.07. The first kappa shape index (κ1) is 21.5. The van der Waals surface area contributed by atoms with E-state index in [0.717, 1.165) is 18.4 Å². The first-order valence-corrected chi connectivity index (χ1v) is 11.0. The predicted molar refractivity (Wildman–Crippen MR) is 117 cm³/mol. The van der Waals surface area contributed by atoms with Crippen LogP contribution in [0.2, 0.25) is 0 Å². The molecule has 1 saturated heterocycles. The van der Waals surface area contributed by atoms with Crippen molar-refractivity contribution >= 4 is 23.2 Å². The van der Waals surface area contributed by atoms with Crippen LogP contribution < -0.4 is 5.32 Å². The summed E-state index contributed by atoms with van der Waals surface area (Å²) in [5.74, 6) is -0.0242. The molecule has 5 nitrogen and oxygen atoms in total. The van der Waals surface area contributed by atoms with E-state index in [0.29, 0.717) is 19.5 Å². The summed E-state index contributed by atoms with van der Waals surface area (Å²) in [6.45, 7) is 5.09. The van der Waals surface area contributed by atoms with E-state index >= 15 is 0 Å². The number of carbonyl (C=O) groups excluding carboxylic acids is 2. The van der Waals surface area contributed by atoms with Crippen molar-refractivity contribution in [1.82, 2.24) is 10.2 Å². The fraction of sp³-hybridized carbons (Fsp3) is 0.478. The quantitative estimate of drug-likeness (QED) is 0.751. The van der Waals surface area contributed by atoms with E-state index in [1.165, 1.54) is 17.6 Å².